The van der Waals surface area contributed by atoms with Gasteiger partial charge in [0.25, 0.3) is 17.7 Å². The standard InChI is InChI=1S/C23H23N3O3S/c1-23(2,3)26-21(28)15-8-10-17(11-9-15)24-22(29)18-6-4-5-7-19(18)25-20(27)16-12-13-30-14-16/h4-14H,1-3H3,(H,24,29)(H,25,27)(H,26,28). The first-order valence-corrected chi connectivity index (χ1v) is 10.3. The molecule has 7 heteroatoms. The molecule has 0 saturated heterocycles. The van der Waals surface area contributed by atoms with Crippen LogP contribution in [0.3, 0.4) is 0 Å². The maximum Gasteiger partial charge on any atom is 0.257 e. The molecule has 0 spiro atoms. The molecule has 2 aromatic carbocycles. The summed E-state index contributed by atoms with van der Waals surface area (Å²) >= 11 is 1.43. The lowest BCUT2D eigenvalue weighted by Crippen LogP contribution is -2.40. The number of nitrogens with one attached hydrogen (secondary N) is 3. The highest BCUT2D eigenvalue weighted by atomic mass is 32.1. The second-order valence-electron chi connectivity index (χ2n) is 7.75. The third-order valence-electron chi connectivity index (χ3n) is 4.10. The van der Waals surface area contributed by atoms with Gasteiger partial charge in [-0.25, -0.2) is 0 Å². The van der Waals surface area contributed by atoms with E-state index in [1.165, 1.54) is 11.3 Å². The first-order chi connectivity index (χ1) is 14.2. The lowest BCUT2D eigenvalue weighted by molar-refractivity contribution is 0.0918. The van der Waals surface area contributed by atoms with Crippen molar-refractivity contribution >= 4 is 40.4 Å². The summed E-state index contributed by atoms with van der Waals surface area (Å²) < 4.78 is 0. The molecule has 0 bridgehead atoms. The smallest absolute Gasteiger partial charge is 0.257 e. The minimum Gasteiger partial charge on any atom is -0.347 e. The van der Waals surface area contributed by atoms with Gasteiger partial charge in [0.1, 0.15) is 0 Å². The van der Waals surface area contributed by atoms with Gasteiger partial charge in [0.2, 0.25) is 0 Å². The van der Waals surface area contributed by atoms with Crippen molar-refractivity contribution in [2.75, 3.05) is 10.6 Å². The van der Waals surface area contributed by atoms with Crippen LogP contribution in [0.1, 0.15) is 51.8 Å². The number of hydrogen-bond acceptors (Lipinski definition) is 4. The highest BCUT2D eigenvalue weighted by Crippen LogP contribution is 2.19. The fourth-order valence-electron chi connectivity index (χ4n) is 2.69. The predicted molar refractivity (Wildman–Crippen MR) is 120 cm³/mol. The molecule has 1 heterocycles. The van der Waals surface area contributed by atoms with Crippen LogP contribution in [0.5, 0.6) is 0 Å². The zero-order valence-corrected chi connectivity index (χ0v) is 17.8. The van der Waals surface area contributed by atoms with E-state index in [1.807, 2.05) is 26.2 Å². The first kappa shape index (κ1) is 21.3. The van der Waals surface area contributed by atoms with E-state index in [1.54, 1.807) is 60.0 Å². The number of hydrogen-bond donors (Lipinski definition) is 3. The van der Waals surface area contributed by atoms with Crippen LogP contribution < -0.4 is 16.0 Å². The highest BCUT2D eigenvalue weighted by Gasteiger charge is 2.17. The molecule has 0 aliphatic rings. The van der Waals surface area contributed by atoms with Gasteiger partial charge in [0.05, 0.1) is 16.8 Å². The van der Waals surface area contributed by atoms with Crippen LogP contribution in [-0.2, 0) is 0 Å². The fourth-order valence-corrected chi connectivity index (χ4v) is 3.33. The third-order valence-corrected chi connectivity index (χ3v) is 4.78. The summed E-state index contributed by atoms with van der Waals surface area (Å²) in [6, 6.07) is 15.2. The Morgan fingerprint density at radius 2 is 1.47 bits per heavy atom. The molecule has 0 atom stereocenters. The molecule has 0 aliphatic carbocycles. The van der Waals surface area contributed by atoms with E-state index in [2.05, 4.69) is 16.0 Å². The Morgan fingerprint density at radius 1 is 0.767 bits per heavy atom. The van der Waals surface area contributed by atoms with Gasteiger partial charge < -0.3 is 16.0 Å². The summed E-state index contributed by atoms with van der Waals surface area (Å²) in [4.78, 5) is 37.3. The second kappa shape index (κ2) is 8.92. The van der Waals surface area contributed by atoms with Crippen molar-refractivity contribution in [3.05, 3.63) is 82.0 Å². The topological polar surface area (TPSA) is 87.3 Å². The van der Waals surface area contributed by atoms with Crippen LogP contribution in [0.15, 0.2) is 65.4 Å². The van der Waals surface area contributed by atoms with Crippen LogP contribution in [0.2, 0.25) is 0 Å². The molecule has 1 aromatic heterocycles. The maximum atomic E-state index is 12.8. The quantitative estimate of drug-likeness (QED) is 0.554. The number of rotatable bonds is 5. The minimum absolute atomic E-state index is 0.179. The van der Waals surface area contributed by atoms with Gasteiger partial charge in [-0.2, -0.15) is 11.3 Å². The number of amides is 3. The number of carbonyl (C=O) groups is 3. The van der Waals surface area contributed by atoms with Crippen molar-refractivity contribution in [3.63, 3.8) is 0 Å². The SMILES string of the molecule is CC(C)(C)NC(=O)c1ccc(NC(=O)c2ccccc2NC(=O)c2ccsc2)cc1. The Hall–Kier alpha value is -3.45. The van der Waals surface area contributed by atoms with E-state index in [0.717, 1.165) is 0 Å². The second-order valence-corrected chi connectivity index (χ2v) is 8.53. The summed E-state index contributed by atoms with van der Waals surface area (Å²) in [6.07, 6.45) is 0. The molecule has 6 nitrogen and oxygen atoms in total. The van der Waals surface area contributed by atoms with Crippen LogP contribution in [0.25, 0.3) is 0 Å². The van der Waals surface area contributed by atoms with E-state index < -0.39 is 0 Å². The molecule has 0 aliphatic heterocycles. The van der Waals surface area contributed by atoms with Gasteiger partial charge in [-0.3, -0.25) is 14.4 Å². The lowest BCUT2D eigenvalue weighted by Gasteiger charge is -2.20. The van der Waals surface area contributed by atoms with Crippen molar-refractivity contribution in [1.82, 2.24) is 5.32 Å². The molecule has 0 saturated carbocycles. The number of carbonyl (C=O) groups excluding carboxylic acids is 3. The van der Waals surface area contributed by atoms with Crippen molar-refractivity contribution in [1.29, 1.82) is 0 Å². The molecular weight excluding hydrogens is 398 g/mol. The van der Waals surface area contributed by atoms with Crippen molar-refractivity contribution in [2.45, 2.75) is 26.3 Å². The molecular formula is C23H23N3O3S. The predicted octanol–water partition coefficient (Wildman–Crippen LogP) is 4.78. The highest BCUT2D eigenvalue weighted by molar-refractivity contribution is 7.08. The summed E-state index contributed by atoms with van der Waals surface area (Å²) in [7, 11) is 0. The van der Waals surface area contributed by atoms with Crippen molar-refractivity contribution in [3.8, 4) is 0 Å². The van der Waals surface area contributed by atoms with E-state index in [4.69, 9.17) is 0 Å². The normalized spacial score (nSPS) is 10.9. The van der Waals surface area contributed by atoms with E-state index in [9.17, 15) is 14.4 Å². The Labute approximate surface area is 179 Å². The van der Waals surface area contributed by atoms with E-state index >= 15 is 0 Å². The Bertz CT molecular complexity index is 1050. The van der Waals surface area contributed by atoms with Gasteiger partial charge >= 0.3 is 0 Å². The summed E-state index contributed by atoms with van der Waals surface area (Å²) in [5.74, 6) is -0.810. The maximum absolute atomic E-state index is 12.8. The molecule has 3 amide bonds. The van der Waals surface area contributed by atoms with Crippen LogP contribution in [-0.4, -0.2) is 23.3 Å². The summed E-state index contributed by atoms with van der Waals surface area (Å²) in [5, 5.41) is 12.0. The average Bonchev–Trinajstić information content (AvgIpc) is 3.22. The molecule has 3 rings (SSSR count). The number of para-hydroxylation sites is 1. The van der Waals surface area contributed by atoms with Gasteiger partial charge in [0, 0.05) is 22.2 Å². The zero-order chi connectivity index (χ0) is 21.7. The van der Waals surface area contributed by atoms with Crippen LogP contribution in [0.4, 0.5) is 11.4 Å². The molecule has 154 valence electrons. The molecule has 0 fully saturated rings. The minimum atomic E-state index is -0.358. The summed E-state index contributed by atoms with van der Waals surface area (Å²) in [6.45, 7) is 5.73. The van der Waals surface area contributed by atoms with Crippen molar-refractivity contribution < 1.29 is 14.4 Å². The number of benzene rings is 2. The third kappa shape index (κ3) is 5.55. The van der Waals surface area contributed by atoms with Crippen LogP contribution in [0, 0.1) is 0 Å². The molecule has 30 heavy (non-hydrogen) atoms. The molecule has 0 unspecified atom stereocenters. The largest absolute Gasteiger partial charge is 0.347 e. The zero-order valence-electron chi connectivity index (χ0n) is 17.0. The number of anilines is 2. The van der Waals surface area contributed by atoms with Crippen molar-refractivity contribution in [2.24, 2.45) is 0 Å². The first-order valence-electron chi connectivity index (χ1n) is 9.39. The monoisotopic (exact) mass is 421 g/mol. The van der Waals surface area contributed by atoms with E-state index in [0.29, 0.717) is 28.1 Å². The molecule has 0 radical (unpaired) electrons. The van der Waals surface area contributed by atoms with Gasteiger partial charge in [0.15, 0.2) is 0 Å². The van der Waals surface area contributed by atoms with Gasteiger partial charge in [-0.05, 0) is 68.6 Å². The fraction of sp³-hybridized carbons (Fsp3) is 0.174. The lowest BCUT2D eigenvalue weighted by atomic mass is 10.1. The van der Waals surface area contributed by atoms with Gasteiger partial charge in [-0.15, -0.1) is 0 Å². The Kier molecular flexibility index (Phi) is 6.32. The average molecular weight is 422 g/mol. The number of thiophene rings is 1. The molecule has 3 N–H and O–H groups in total. The Balaban J connectivity index is 1.70. The van der Waals surface area contributed by atoms with Gasteiger partial charge in [-0.1, -0.05) is 12.1 Å². The van der Waals surface area contributed by atoms with Crippen LogP contribution >= 0.6 is 11.3 Å². The summed E-state index contributed by atoms with van der Waals surface area (Å²) in [5.41, 5.74) is 2.03. The molecule has 3 aromatic rings. The van der Waals surface area contributed by atoms with E-state index in [-0.39, 0.29) is 23.3 Å². The Morgan fingerprint density at radius 3 is 2.10 bits per heavy atom.